The minimum absolute atomic E-state index is 0.00936. The fourth-order valence-corrected chi connectivity index (χ4v) is 7.68. The number of hydrogen-bond donors (Lipinski definition) is 0. The molecule has 2 aromatic carbocycles. The Morgan fingerprint density at radius 3 is 2.52 bits per heavy atom. The second kappa shape index (κ2) is 8.51. The zero-order chi connectivity index (χ0) is 22.2. The van der Waals surface area contributed by atoms with E-state index in [1.54, 1.807) is 30.3 Å². The molecule has 7 nitrogen and oxygen atoms in total. The lowest BCUT2D eigenvalue weighted by atomic mass is 10.1. The molecular weight excluding hydrogens is 443 g/mol. The normalized spacial score (nSPS) is 23.1. The van der Waals surface area contributed by atoms with Crippen molar-refractivity contribution in [2.45, 2.75) is 17.8 Å². The smallest absolute Gasteiger partial charge is 0.279 e. The van der Waals surface area contributed by atoms with E-state index in [0.29, 0.717) is 28.8 Å². The van der Waals surface area contributed by atoms with Crippen LogP contribution in [-0.2, 0) is 16.4 Å². The monoisotopic (exact) mass is 464 g/mol. The van der Waals surface area contributed by atoms with E-state index in [2.05, 4.69) is 4.99 Å². The molecule has 2 fully saturated rings. The molecule has 2 heterocycles. The zero-order valence-electron chi connectivity index (χ0n) is 16.9. The minimum atomic E-state index is -3.15. The zero-order valence-corrected chi connectivity index (χ0v) is 18.6. The van der Waals surface area contributed by atoms with Gasteiger partial charge in [-0.3, -0.25) is 4.79 Å². The number of ether oxygens (including phenoxy) is 2. The largest absolute Gasteiger partial charge is 0.493 e. The van der Waals surface area contributed by atoms with Gasteiger partial charge >= 0.3 is 0 Å². The van der Waals surface area contributed by atoms with Crippen molar-refractivity contribution in [2.24, 2.45) is 4.99 Å². The highest BCUT2D eigenvalue weighted by atomic mass is 32.2. The molecule has 2 saturated heterocycles. The van der Waals surface area contributed by atoms with Crippen LogP contribution in [0, 0.1) is 5.82 Å². The predicted molar refractivity (Wildman–Crippen MR) is 117 cm³/mol. The van der Waals surface area contributed by atoms with Crippen LogP contribution < -0.4 is 9.47 Å². The summed E-state index contributed by atoms with van der Waals surface area (Å²) >= 11 is 1.30. The molecule has 4 rings (SSSR count). The molecule has 2 aliphatic heterocycles. The summed E-state index contributed by atoms with van der Waals surface area (Å²) in [5.41, 5.74) is 1.13. The highest BCUT2D eigenvalue weighted by Crippen LogP contribution is 2.39. The summed E-state index contributed by atoms with van der Waals surface area (Å²) in [6, 6.07) is 10.5. The molecule has 1 amide bonds. The number of carbonyl (C=O) groups excluding carboxylic acids is 1. The highest BCUT2D eigenvalue weighted by Gasteiger charge is 2.48. The van der Waals surface area contributed by atoms with Gasteiger partial charge in [0.15, 0.2) is 26.5 Å². The number of aliphatic imine (C=N–C) groups is 1. The van der Waals surface area contributed by atoms with Gasteiger partial charge in [-0.05, 0) is 35.9 Å². The molecule has 0 bridgehead atoms. The van der Waals surface area contributed by atoms with Crippen molar-refractivity contribution >= 4 is 32.7 Å². The number of benzene rings is 2. The molecule has 0 unspecified atom stereocenters. The quantitative estimate of drug-likeness (QED) is 0.673. The topological polar surface area (TPSA) is 85.3 Å². The Hall–Kier alpha value is -2.59. The standard InChI is InChI=1S/C21H21FN2O5S2/c1-28-17-8-5-14(9-18(17)29-2)20(25)23-21-24(10-13-3-6-15(22)7-4-13)16-11-31(26,27)12-19(16)30-21/h3-9,16,19H,10-12H2,1-2H3/t16-,19-/m1/s1. The van der Waals surface area contributed by atoms with Gasteiger partial charge in [0.2, 0.25) is 0 Å². The Kier molecular flexibility index (Phi) is 5.94. The number of thioether (sulfide) groups is 1. The van der Waals surface area contributed by atoms with Crippen LogP contribution >= 0.6 is 11.8 Å². The van der Waals surface area contributed by atoms with Crippen LogP contribution in [0.5, 0.6) is 11.5 Å². The summed E-state index contributed by atoms with van der Waals surface area (Å²) in [6.45, 7) is 0.335. The minimum Gasteiger partial charge on any atom is -0.493 e. The average molecular weight is 465 g/mol. The first kappa shape index (κ1) is 21.6. The predicted octanol–water partition coefficient (Wildman–Crippen LogP) is 2.75. The first-order valence-electron chi connectivity index (χ1n) is 9.53. The van der Waals surface area contributed by atoms with Gasteiger partial charge in [-0.15, -0.1) is 0 Å². The Morgan fingerprint density at radius 1 is 1.13 bits per heavy atom. The van der Waals surface area contributed by atoms with Crippen molar-refractivity contribution in [1.82, 2.24) is 4.90 Å². The van der Waals surface area contributed by atoms with Crippen molar-refractivity contribution < 1.29 is 27.1 Å². The number of hydrogen-bond acceptors (Lipinski definition) is 6. The molecule has 2 aliphatic rings. The number of fused-ring (bicyclic) bond motifs is 1. The average Bonchev–Trinajstić information content (AvgIpc) is 3.20. The lowest BCUT2D eigenvalue weighted by Gasteiger charge is -2.24. The van der Waals surface area contributed by atoms with Crippen LogP contribution in [0.15, 0.2) is 47.5 Å². The number of carbonyl (C=O) groups is 1. The van der Waals surface area contributed by atoms with Crippen LogP contribution in [0.25, 0.3) is 0 Å². The van der Waals surface area contributed by atoms with E-state index in [-0.39, 0.29) is 28.6 Å². The third-order valence-electron chi connectivity index (χ3n) is 5.27. The van der Waals surface area contributed by atoms with Crippen LogP contribution in [-0.4, -0.2) is 61.4 Å². The molecular formula is C21H21FN2O5S2. The molecule has 10 heteroatoms. The summed E-state index contributed by atoms with van der Waals surface area (Å²) in [5.74, 6) is 0.161. The molecule has 2 aromatic rings. The third kappa shape index (κ3) is 4.54. The first-order chi connectivity index (χ1) is 14.8. The maximum Gasteiger partial charge on any atom is 0.279 e. The SMILES string of the molecule is COc1ccc(C(=O)N=C2S[C@@H]3CS(=O)(=O)C[C@H]3N2Cc2ccc(F)cc2)cc1OC. The van der Waals surface area contributed by atoms with E-state index in [4.69, 9.17) is 9.47 Å². The molecule has 164 valence electrons. The van der Waals surface area contributed by atoms with E-state index in [1.165, 1.54) is 38.1 Å². The number of halogens is 1. The summed E-state index contributed by atoms with van der Waals surface area (Å²) in [7, 11) is -0.159. The number of rotatable bonds is 5. The molecule has 0 spiro atoms. The fraction of sp³-hybridized carbons (Fsp3) is 0.333. The fourth-order valence-electron chi connectivity index (χ4n) is 3.73. The summed E-state index contributed by atoms with van der Waals surface area (Å²) < 4.78 is 48.0. The van der Waals surface area contributed by atoms with Crippen LogP contribution in [0.1, 0.15) is 15.9 Å². The van der Waals surface area contributed by atoms with E-state index < -0.39 is 15.7 Å². The van der Waals surface area contributed by atoms with Crippen molar-refractivity contribution in [3.8, 4) is 11.5 Å². The maximum absolute atomic E-state index is 13.3. The van der Waals surface area contributed by atoms with E-state index in [9.17, 15) is 17.6 Å². The summed E-state index contributed by atoms with van der Waals surface area (Å²) in [6.07, 6.45) is 0. The molecule has 0 saturated carbocycles. The number of sulfone groups is 1. The second-order valence-electron chi connectivity index (χ2n) is 7.32. The Morgan fingerprint density at radius 2 is 1.84 bits per heavy atom. The van der Waals surface area contributed by atoms with E-state index in [1.807, 2.05) is 4.90 Å². The van der Waals surface area contributed by atoms with Gasteiger partial charge in [-0.2, -0.15) is 4.99 Å². The van der Waals surface area contributed by atoms with Gasteiger partial charge < -0.3 is 14.4 Å². The van der Waals surface area contributed by atoms with E-state index in [0.717, 1.165) is 5.56 Å². The summed E-state index contributed by atoms with van der Waals surface area (Å²) in [5, 5.41) is 0.274. The lowest BCUT2D eigenvalue weighted by molar-refractivity contribution is 0.100. The Labute approximate surface area is 184 Å². The van der Waals surface area contributed by atoms with Crippen molar-refractivity contribution in [3.05, 3.63) is 59.4 Å². The van der Waals surface area contributed by atoms with Crippen LogP contribution in [0.2, 0.25) is 0 Å². The van der Waals surface area contributed by atoms with Crippen LogP contribution in [0.4, 0.5) is 4.39 Å². The number of amides is 1. The number of nitrogens with zero attached hydrogens (tertiary/aromatic N) is 2. The van der Waals surface area contributed by atoms with Gasteiger partial charge in [0.1, 0.15) is 5.82 Å². The highest BCUT2D eigenvalue weighted by molar-refractivity contribution is 8.15. The molecule has 0 radical (unpaired) electrons. The number of methoxy groups -OCH3 is 2. The second-order valence-corrected chi connectivity index (χ2v) is 10.7. The first-order valence-corrected chi connectivity index (χ1v) is 12.2. The van der Waals surface area contributed by atoms with Gasteiger partial charge in [0.05, 0.1) is 31.8 Å². The summed E-state index contributed by atoms with van der Waals surface area (Å²) in [4.78, 5) is 19.0. The molecule has 31 heavy (non-hydrogen) atoms. The lowest BCUT2D eigenvalue weighted by Crippen LogP contribution is -2.37. The molecule has 2 atom stereocenters. The van der Waals surface area contributed by atoms with Gasteiger partial charge in [-0.1, -0.05) is 23.9 Å². The molecule has 0 aromatic heterocycles. The molecule has 0 aliphatic carbocycles. The van der Waals surface area contributed by atoms with Gasteiger partial charge in [0, 0.05) is 17.4 Å². The molecule has 0 N–H and O–H groups in total. The van der Waals surface area contributed by atoms with E-state index >= 15 is 0 Å². The maximum atomic E-state index is 13.3. The van der Waals surface area contributed by atoms with Crippen molar-refractivity contribution in [2.75, 3.05) is 25.7 Å². The van der Waals surface area contributed by atoms with Crippen molar-refractivity contribution in [3.63, 3.8) is 0 Å². The third-order valence-corrected chi connectivity index (χ3v) is 8.52. The van der Waals surface area contributed by atoms with Crippen LogP contribution in [0.3, 0.4) is 0 Å². The Bertz CT molecular complexity index is 1130. The van der Waals surface area contributed by atoms with Gasteiger partial charge in [-0.25, -0.2) is 12.8 Å². The van der Waals surface area contributed by atoms with Gasteiger partial charge in [0.25, 0.3) is 5.91 Å². The Balaban J connectivity index is 1.64. The number of amidine groups is 1. The van der Waals surface area contributed by atoms with Crippen molar-refractivity contribution in [1.29, 1.82) is 0 Å².